The molecule has 1 aromatic carbocycles. The molecular formula is C7H10S2Si. The Morgan fingerprint density at radius 1 is 1.10 bits per heavy atom. The zero-order chi connectivity index (χ0) is 7.40. The van der Waals surface area contributed by atoms with Crippen molar-refractivity contribution in [2.45, 2.75) is 6.04 Å². The van der Waals surface area contributed by atoms with Crippen molar-refractivity contribution in [2.75, 3.05) is 0 Å². The summed E-state index contributed by atoms with van der Waals surface area (Å²) in [5, 5.41) is 0. The minimum absolute atomic E-state index is 1.01. The second-order valence-electron chi connectivity index (χ2n) is 2.17. The zero-order valence-electron chi connectivity index (χ0n) is 5.57. The van der Waals surface area contributed by atoms with Crippen molar-refractivity contribution in [3.8, 4) is 0 Å². The summed E-state index contributed by atoms with van der Waals surface area (Å²) >= 11 is 8.63. The van der Waals surface area contributed by atoms with E-state index < -0.39 is 7.10 Å². The number of hydrogen-bond acceptors (Lipinski definition) is 2. The molecule has 0 bridgehead atoms. The first-order valence-corrected chi connectivity index (χ1v) is 8.14. The van der Waals surface area contributed by atoms with E-state index in [0.717, 1.165) is 6.04 Å². The summed E-state index contributed by atoms with van der Waals surface area (Å²) < 4.78 is 0. The van der Waals surface area contributed by atoms with Gasteiger partial charge in [0.05, 0.1) is 0 Å². The zero-order valence-corrected chi connectivity index (χ0v) is 8.51. The lowest BCUT2D eigenvalue weighted by atomic mass is 10.2. The summed E-state index contributed by atoms with van der Waals surface area (Å²) in [4.78, 5) is 0. The summed E-state index contributed by atoms with van der Waals surface area (Å²) in [7, 11) is -1.01. The average Bonchev–Trinajstić information content (AvgIpc) is 1.88. The molecule has 0 aliphatic heterocycles. The van der Waals surface area contributed by atoms with Gasteiger partial charge in [-0.25, -0.2) is 0 Å². The molecule has 0 heterocycles. The normalized spacial score (nSPS) is 10.3. The Kier molecular flexibility index (Phi) is 3.38. The van der Waals surface area contributed by atoms with Crippen LogP contribution in [0.2, 0.25) is 0 Å². The van der Waals surface area contributed by atoms with Gasteiger partial charge in [0, 0.05) is 0 Å². The molecule has 0 radical (unpaired) electrons. The van der Waals surface area contributed by atoms with E-state index in [1.807, 2.05) is 18.2 Å². The highest BCUT2D eigenvalue weighted by molar-refractivity contribution is 8.40. The van der Waals surface area contributed by atoms with Gasteiger partial charge in [0.25, 0.3) is 0 Å². The van der Waals surface area contributed by atoms with Crippen molar-refractivity contribution < 1.29 is 0 Å². The van der Waals surface area contributed by atoms with Gasteiger partial charge in [-0.2, -0.15) is 24.2 Å². The Bertz CT molecular complexity index is 186. The van der Waals surface area contributed by atoms with Crippen LogP contribution in [0.25, 0.3) is 0 Å². The SMILES string of the molecule is S[SiH](S)Cc1ccccc1. The lowest BCUT2D eigenvalue weighted by molar-refractivity contribution is 1.40. The molecule has 1 aromatic rings. The van der Waals surface area contributed by atoms with Gasteiger partial charge in [-0.05, 0) is 11.6 Å². The highest BCUT2D eigenvalue weighted by Crippen LogP contribution is 2.05. The number of hydrogen-bond donors (Lipinski definition) is 2. The monoisotopic (exact) mass is 186 g/mol. The van der Waals surface area contributed by atoms with Gasteiger partial charge in [-0.1, -0.05) is 30.3 Å². The molecule has 0 atom stereocenters. The van der Waals surface area contributed by atoms with Crippen LogP contribution in [-0.4, -0.2) is 7.10 Å². The van der Waals surface area contributed by atoms with Crippen LogP contribution in [-0.2, 0) is 6.04 Å². The van der Waals surface area contributed by atoms with Crippen LogP contribution in [0.3, 0.4) is 0 Å². The van der Waals surface area contributed by atoms with Crippen LogP contribution in [0.15, 0.2) is 30.3 Å². The topological polar surface area (TPSA) is 0 Å². The van der Waals surface area contributed by atoms with Crippen LogP contribution in [0.5, 0.6) is 0 Å². The van der Waals surface area contributed by atoms with Gasteiger partial charge in [0.15, 0.2) is 7.10 Å². The van der Waals surface area contributed by atoms with E-state index in [0.29, 0.717) is 0 Å². The van der Waals surface area contributed by atoms with Gasteiger partial charge < -0.3 is 0 Å². The average molecular weight is 186 g/mol. The maximum atomic E-state index is 4.31. The van der Waals surface area contributed by atoms with Crippen molar-refractivity contribution in [3.05, 3.63) is 35.9 Å². The van der Waals surface area contributed by atoms with Crippen molar-refractivity contribution in [2.24, 2.45) is 0 Å². The predicted molar refractivity (Wildman–Crippen MR) is 55.3 cm³/mol. The molecule has 0 unspecified atom stereocenters. The molecule has 0 amide bonds. The first-order chi connectivity index (χ1) is 4.79. The van der Waals surface area contributed by atoms with E-state index in [2.05, 4.69) is 36.3 Å². The lowest BCUT2D eigenvalue weighted by Crippen LogP contribution is -1.98. The number of rotatable bonds is 2. The minimum Gasteiger partial charge on any atom is -0.193 e. The molecule has 10 heavy (non-hydrogen) atoms. The predicted octanol–water partition coefficient (Wildman–Crippen LogP) is 1.85. The fourth-order valence-corrected chi connectivity index (χ4v) is 2.78. The summed E-state index contributed by atoms with van der Waals surface area (Å²) in [5.74, 6) is 0. The maximum absolute atomic E-state index is 4.31. The van der Waals surface area contributed by atoms with Gasteiger partial charge in [-0.15, -0.1) is 0 Å². The van der Waals surface area contributed by atoms with E-state index in [1.54, 1.807) is 0 Å². The third-order valence-corrected chi connectivity index (χ3v) is 3.19. The van der Waals surface area contributed by atoms with E-state index >= 15 is 0 Å². The van der Waals surface area contributed by atoms with E-state index in [4.69, 9.17) is 0 Å². The van der Waals surface area contributed by atoms with Crippen LogP contribution >= 0.6 is 24.2 Å². The fourth-order valence-electron chi connectivity index (χ4n) is 0.825. The third kappa shape index (κ3) is 2.81. The molecule has 0 nitrogen and oxygen atoms in total. The summed E-state index contributed by atoms with van der Waals surface area (Å²) in [6, 6.07) is 11.4. The van der Waals surface area contributed by atoms with Crippen molar-refractivity contribution in [1.29, 1.82) is 0 Å². The highest BCUT2D eigenvalue weighted by Gasteiger charge is 1.98. The Balaban J connectivity index is 2.59. The Labute approximate surface area is 73.4 Å². The molecule has 0 aliphatic rings. The Morgan fingerprint density at radius 3 is 2.20 bits per heavy atom. The quantitative estimate of drug-likeness (QED) is 0.511. The minimum atomic E-state index is -1.01. The van der Waals surface area contributed by atoms with Gasteiger partial charge in [0.2, 0.25) is 0 Å². The molecule has 1 rings (SSSR count). The lowest BCUT2D eigenvalue weighted by Gasteiger charge is -1.99. The van der Waals surface area contributed by atoms with Crippen molar-refractivity contribution >= 4 is 31.3 Å². The van der Waals surface area contributed by atoms with E-state index in [1.165, 1.54) is 5.56 Å². The van der Waals surface area contributed by atoms with E-state index in [9.17, 15) is 0 Å². The molecule has 0 saturated carbocycles. The van der Waals surface area contributed by atoms with Crippen molar-refractivity contribution in [1.82, 2.24) is 0 Å². The first kappa shape index (κ1) is 8.24. The highest BCUT2D eigenvalue weighted by atomic mass is 32.5. The van der Waals surface area contributed by atoms with Crippen LogP contribution < -0.4 is 0 Å². The first-order valence-electron chi connectivity index (χ1n) is 3.19. The summed E-state index contributed by atoms with van der Waals surface area (Å²) in [6.45, 7) is 0. The van der Waals surface area contributed by atoms with Crippen molar-refractivity contribution in [3.63, 3.8) is 0 Å². The number of thiol groups is 2. The fraction of sp³-hybridized carbons (Fsp3) is 0.143. The second-order valence-corrected chi connectivity index (χ2v) is 8.50. The molecule has 0 fully saturated rings. The molecule has 0 spiro atoms. The third-order valence-electron chi connectivity index (χ3n) is 1.26. The molecule has 3 heteroatoms. The van der Waals surface area contributed by atoms with Gasteiger partial charge >= 0.3 is 0 Å². The van der Waals surface area contributed by atoms with Crippen LogP contribution in [0, 0.1) is 0 Å². The van der Waals surface area contributed by atoms with Gasteiger partial charge in [-0.3, -0.25) is 0 Å². The smallest absolute Gasteiger partial charge is 0.157 e. The molecule has 0 aromatic heterocycles. The maximum Gasteiger partial charge on any atom is 0.157 e. The molecule has 0 saturated heterocycles. The van der Waals surface area contributed by atoms with Crippen LogP contribution in [0.4, 0.5) is 0 Å². The standard InChI is InChI=1S/C7H10S2Si/c8-10(9)6-7-4-2-1-3-5-7/h1-5,8-10H,6H2. The number of benzene rings is 1. The summed E-state index contributed by atoms with van der Waals surface area (Å²) in [5.41, 5.74) is 1.35. The summed E-state index contributed by atoms with van der Waals surface area (Å²) in [6.07, 6.45) is 0. The Morgan fingerprint density at radius 2 is 1.70 bits per heavy atom. The molecule has 0 aliphatic carbocycles. The second kappa shape index (κ2) is 4.11. The molecule has 0 N–H and O–H groups in total. The van der Waals surface area contributed by atoms with Gasteiger partial charge in [0.1, 0.15) is 0 Å². The molecule has 54 valence electrons. The van der Waals surface area contributed by atoms with Crippen LogP contribution in [0.1, 0.15) is 5.56 Å². The largest absolute Gasteiger partial charge is 0.193 e. The Hall–Kier alpha value is 0.137. The van der Waals surface area contributed by atoms with E-state index in [-0.39, 0.29) is 0 Å². The molecular weight excluding hydrogens is 176 g/mol.